The van der Waals surface area contributed by atoms with Crippen molar-refractivity contribution in [2.24, 2.45) is 0 Å². The van der Waals surface area contributed by atoms with E-state index in [1.54, 1.807) is 18.2 Å². The molecule has 0 spiro atoms. The third-order valence-corrected chi connectivity index (χ3v) is 4.32. The van der Waals surface area contributed by atoms with E-state index in [0.717, 1.165) is 5.56 Å². The van der Waals surface area contributed by atoms with E-state index in [1.807, 2.05) is 24.3 Å². The lowest BCUT2D eigenvalue weighted by atomic mass is 10.2. The minimum absolute atomic E-state index is 0.197. The van der Waals surface area contributed by atoms with Crippen LogP contribution in [-0.2, 0) is 11.5 Å². The molecule has 0 aliphatic heterocycles. The van der Waals surface area contributed by atoms with Gasteiger partial charge in [0.2, 0.25) is 11.7 Å². The summed E-state index contributed by atoms with van der Waals surface area (Å²) in [6, 6.07) is 14.0. The van der Waals surface area contributed by atoms with Crippen LogP contribution >= 0.6 is 23.4 Å². The normalized spacial score (nSPS) is 10.8. The molecule has 0 unspecified atom stereocenters. The summed E-state index contributed by atoms with van der Waals surface area (Å²) in [5, 5.41) is 4.51. The summed E-state index contributed by atoms with van der Waals surface area (Å²) in [7, 11) is 0. The highest BCUT2D eigenvalue weighted by Gasteiger charge is 2.11. The topological polar surface area (TPSA) is 38.9 Å². The van der Waals surface area contributed by atoms with Gasteiger partial charge in [-0.2, -0.15) is 4.98 Å². The van der Waals surface area contributed by atoms with Gasteiger partial charge in [-0.15, -0.1) is 11.8 Å². The molecule has 2 aromatic carbocycles. The molecular weight excluding hydrogens is 323 g/mol. The standard InChI is InChI=1S/C16H12ClFN2OS/c17-13-7-3-2-6-12(13)16-19-15(21-20-16)10-22-9-11-5-1-4-8-14(11)18/h1-8H,9-10H2. The first-order chi connectivity index (χ1) is 10.7. The lowest BCUT2D eigenvalue weighted by molar-refractivity contribution is 0.391. The maximum absolute atomic E-state index is 13.5. The molecule has 6 heteroatoms. The van der Waals surface area contributed by atoms with Crippen molar-refractivity contribution in [1.29, 1.82) is 0 Å². The fraction of sp³-hybridized carbons (Fsp3) is 0.125. The second-order valence-corrected chi connectivity index (χ2v) is 5.97. The van der Waals surface area contributed by atoms with E-state index in [4.69, 9.17) is 16.1 Å². The molecule has 22 heavy (non-hydrogen) atoms. The maximum atomic E-state index is 13.5. The number of aromatic nitrogens is 2. The average Bonchev–Trinajstić information content (AvgIpc) is 2.98. The Morgan fingerprint density at radius 1 is 1.05 bits per heavy atom. The van der Waals surface area contributed by atoms with Crippen LogP contribution < -0.4 is 0 Å². The molecule has 0 saturated carbocycles. The second-order valence-electron chi connectivity index (χ2n) is 4.58. The molecule has 0 amide bonds. The van der Waals surface area contributed by atoms with E-state index in [-0.39, 0.29) is 5.82 Å². The highest BCUT2D eigenvalue weighted by atomic mass is 35.5. The predicted molar refractivity (Wildman–Crippen MR) is 86.1 cm³/mol. The van der Waals surface area contributed by atoms with Crippen LogP contribution in [0.15, 0.2) is 53.1 Å². The van der Waals surface area contributed by atoms with E-state index < -0.39 is 0 Å². The minimum atomic E-state index is -0.197. The quantitative estimate of drug-likeness (QED) is 0.661. The Bertz CT molecular complexity index is 778. The molecule has 3 nitrogen and oxygen atoms in total. The second kappa shape index (κ2) is 6.94. The van der Waals surface area contributed by atoms with Gasteiger partial charge in [0.1, 0.15) is 5.82 Å². The summed E-state index contributed by atoms with van der Waals surface area (Å²) in [6.45, 7) is 0. The number of halogens is 2. The van der Waals surface area contributed by atoms with Crippen molar-refractivity contribution in [2.75, 3.05) is 0 Å². The fourth-order valence-electron chi connectivity index (χ4n) is 1.93. The molecule has 0 atom stereocenters. The van der Waals surface area contributed by atoms with Gasteiger partial charge in [-0.3, -0.25) is 0 Å². The first-order valence-corrected chi connectivity index (χ1v) is 8.16. The van der Waals surface area contributed by atoms with Crippen molar-refractivity contribution in [1.82, 2.24) is 10.1 Å². The van der Waals surface area contributed by atoms with Crippen molar-refractivity contribution >= 4 is 23.4 Å². The van der Waals surface area contributed by atoms with Crippen molar-refractivity contribution in [3.63, 3.8) is 0 Å². The Labute approximate surface area is 136 Å². The van der Waals surface area contributed by atoms with E-state index in [2.05, 4.69) is 10.1 Å². The van der Waals surface area contributed by atoms with Gasteiger partial charge in [-0.05, 0) is 23.8 Å². The van der Waals surface area contributed by atoms with Gasteiger partial charge in [0, 0.05) is 11.3 Å². The summed E-state index contributed by atoms with van der Waals surface area (Å²) >= 11 is 7.62. The molecule has 1 heterocycles. The summed E-state index contributed by atoms with van der Waals surface area (Å²) in [5.41, 5.74) is 1.40. The summed E-state index contributed by atoms with van der Waals surface area (Å²) in [5.74, 6) is 1.84. The number of benzene rings is 2. The lowest BCUT2D eigenvalue weighted by Gasteiger charge is -2.00. The lowest BCUT2D eigenvalue weighted by Crippen LogP contribution is -1.88. The predicted octanol–water partition coefficient (Wildman–Crippen LogP) is 4.96. The van der Waals surface area contributed by atoms with Crippen LogP contribution in [0.25, 0.3) is 11.4 Å². The third kappa shape index (κ3) is 3.48. The Morgan fingerprint density at radius 2 is 1.82 bits per heavy atom. The van der Waals surface area contributed by atoms with Crippen LogP contribution in [0, 0.1) is 5.82 Å². The van der Waals surface area contributed by atoms with Crippen molar-refractivity contribution in [3.05, 3.63) is 70.8 Å². The van der Waals surface area contributed by atoms with Gasteiger partial charge in [-0.25, -0.2) is 4.39 Å². The zero-order valence-electron chi connectivity index (χ0n) is 11.5. The largest absolute Gasteiger partial charge is 0.338 e. The van der Waals surface area contributed by atoms with Crippen molar-refractivity contribution < 1.29 is 8.91 Å². The Morgan fingerprint density at radius 3 is 2.64 bits per heavy atom. The minimum Gasteiger partial charge on any atom is -0.338 e. The van der Waals surface area contributed by atoms with Crippen LogP contribution in [0.3, 0.4) is 0 Å². The smallest absolute Gasteiger partial charge is 0.236 e. The highest BCUT2D eigenvalue weighted by Crippen LogP contribution is 2.26. The van der Waals surface area contributed by atoms with E-state index >= 15 is 0 Å². The zero-order valence-corrected chi connectivity index (χ0v) is 13.1. The van der Waals surface area contributed by atoms with Crippen LogP contribution in [-0.4, -0.2) is 10.1 Å². The molecule has 0 radical (unpaired) electrons. The number of rotatable bonds is 5. The summed E-state index contributed by atoms with van der Waals surface area (Å²) < 4.78 is 18.7. The number of hydrogen-bond donors (Lipinski definition) is 0. The molecule has 0 bridgehead atoms. The van der Waals surface area contributed by atoms with E-state index in [1.165, 1.54) is 17.8 Å². The Balaban J connectivity index is 1.63. The number of nitrogens with zero attached hydrogens (tertiary/aromatic N) is 2. The van der Waals surface area contributed by atoms with Crippen LogP contribution in [0.5, 0.6) is 0 Å². The van der Waals surface area contributed by atoms with Crippen LogP contribution in [0.4, 0.5) is 4.39 Å². The SMILES string of the molecule is Fc1ccccc1CSCc1nc(-c2ccccc2Cl)no1. The molecule has 0 fully saturated rings. The average molecular weight is 335 g/mol. The van der Waals surface area contributed by atoms with Gasteiger partial charge in [0.15, 0.2) is 0 Å². The molecule has 0 saturated heterocycles. The molecule has 112 valence electrons. The number of thioether (sulfide) groups is 1. The zero-order chi connectivity index (χ0) is 15.4. The van der Waals surface area contributed by atoms with Gasteiger partial charge in [0.05, 0.1) is 10.8 Å². The Hall–Kier alpha value is -1.85. The van der Waals surface area contributed by atoms with Crippen molar-refractivity contribution in [3.8, 4) is 11.4 Å². The first kappa shape index (κ1) is 15.1. The molecule has 1 aromatic heterocycles. The number of hydrogen-bond acceptors (Lipinski definition) is 4. The van der Waals surface area contributed by atoms with Crippen LogP contribution in [0.1, 0.15) is 11.5 Å². The van der Waals surface area contributed by atoms with Crippen LogP contribution in [0.2, 0.25) is 5.02 Å². The Kier molecular flexibility index (Phi) is 4.75. The molecule has 0 N–H and O–H groups in total. The van der Waals surface area contributed by atoms with Crippen molar-refractivity contribution in [2.45, 2.75) is 11.5 Å². The molecule has 3 rings (SSSR count). The summed E-state index contributed by atoms with van der Waals surface area (Å²) in [4.78, 5) is 4.32. The maximum Gasteiger partial charge on any atom is 0.236 e. The van der Waals surface area contributed by atoms with Gasteiger partial charge in [0.25, 0.3) is 0 Å². The van der Waals surface area contributed by atoms with E-state index in [0.29, 0.717) is 33.8 Å². The van der Waals surface area contributed by atoms with Gasteiger partial charge < -0.3 is 4.52 Å². The molecule has 0 aliphatic carbocycles. The first-order valence-electron chi connectivity index (χ1n) is 6.62. The molecular formula is C16H12ClFN2OS. The highest BCUT2D eigenvalue weighted by molar-refractivity contribution is 7.97. The van der Waals surface area contributed by atoms with E-state index in [9.17, 15) is 4.39 Å². The fourth-order valence-corrected chi connectivity index (χ4v) is 3.00. The summed E-state index contributed by atoms with van der Waals surface area (Å²) in [6.07, 6.45) is 0. The van der Waals surface area contributed by atoms with Gasteiger partial charge in [-0.1, -0.05) is 47.1 Å². The molecule has 0 aliphatic rings. The van der Waals surface area contributed by atoms with Gasteiger partial charge >= 0.3 is 0 Å². The monoisotopic (exact) mass is 334 g/mol. The third-order valence-electron chi connectivity index (χ3n) is 3.02. The molecule has 3 aromatic rings.